The van der Waals surface area contributed by atoms with Crippen molar-refractivity contribution in [1.82, 2.24) is 0 Å². The number of halogens is 8. The minimum Gasteiger partial charge on any atom is -0.376 e. The summed E-state index contributed by atoms with van der Waals surface area (Å²) in [5.74, 6) is -3.71. The van der Waals surface area contributed by atoms with Gasteiger partial charge < -0.3 is 8.37 Å². The van der Waals surface area contributed by atoms with Gasteiger partial charge in [-0.2, -0.15) is 30.6 Å². The molecule has 0 amide bonds. The maximum atomic E-state index is 12.5. The summed E-state index contributed by atoms with van der Waals surface area (Å²) in [6.07, 6.45) is -14.2. The Labute approximate surface area is 109 Å². The molecule has 0 fully saturated rings. The Kier molecular flexibility index (Phi) is 6.96. The summed E-state index contributed by atoms with van der Waals surface area (Å²) in [5.41, 5.74) is 0. The zero-order chi connectivity index (χ0) is 16.0. The molecule has 12 heteroatoms. The largest absolute Gasteiger partial charge is 0.416 e. The second-order valence-electron chi connectivity index (χ2n) is 3.11. The Morgan fingerprint density at radius 2 is 1.15 bits per heavy atom. The van der Waals surface area contributed by atoms with Gasteiger partial charge in [0.2, 0.25) is 0 Å². The number of hydrogen-bond donors (Lipinski definition) is 0. The molecule has 3 nitrogen and oxygen atoms in total. The molecular weight excluding hydrogens is 328 g/mol. The molecule has 0 atom stereocenters. The van der Waals surface area contributed by atoms with E-state index in [4.69, 9.17) is 0 Å². The van der Waals surface area contributed by atoms with Gasteiger partial charge in [-0.3, -0.25) is 0 Å². The van der Waals surface area contributed by atoms with Crippen LogP contribution >= 0.6 is 0 Å². The molecule has 0 spiro atoms. The first-order valence-corrected chi connectivity index (χ1v) is 5.47. The Bertz CT molecular complexity index is 362. The molecule has 0 heterocycles. The molecule has 0 aromatic carbocycles. The Morgan fingerprint density at radius 3 is 1.40 bits per heavy atom. The fraction of sp³-hybridized carbons (Fsp3) is 0.500. The van der Waals surface area contributed by atoms with E-state index in [9.17, 15) is 39.3 Å². The average molecular weight is 334 g/mol. The third kappa shape index (κ3) is 11.7. The van der Waals surface area contributed by atoms with Gasteiger partial charge in [-0.1, -0.05) is 0 Å². The van der Waals surface area contributed by atoms with Crippen molar-refractivity contribution in [3.05, 3.63) is 24.2 Å². The van der Waals surface area contributed by atoms with Crippen LogP contribution in [-0.4, -0.2) is 16.6 Å². The number of alkyl halides is 6. The smallest absolute Gasteiger partial charge is 0.376 e. The summed E-state index contributed by atoms with van der Waals surface area (Å²) >= 11 is -2.99. The first-order valence-electron chi connectivity index (χ1n) is 4.47. The molecule has 0 aliphatic rings. The molecule has 0 N–H and O–H groups in total. The van der Waals surface area contributed by atoms with Crippen LogP contribution in [0.15, 0.2) is 24.2 Å². The quantitative estimate of drug-likeness (QED) is 0.541. The predicted octanol–water partition coefficient (Wildman–Crippen LogP) is 4.12. The van der Waals surface area contributed by atoms with Crippen molar-refractivity contribution in [2.24, 2.45) is 0 Å². The van der Waals surface area contributed by atoms with Crippen molar-refractivity contribution in [2.75, 3.05) is 0 Å². The summed E-state index contributed by atoms with van der Waals surface area (Å²) in [6.45, 7) is 0. The first kappa shape index (κ1) is 18.7. The number of hydrogen-bond acceptors (Lipinski definition) is 3. The SMILES string of the molecule is O=S(OC=C(F)CC(F)(F)F)OC=C(F)CC(F)(F)F. The van der Waals surface area contributed by atoms with Gasteiger partial charge in [0.15, 0.2) is 0 Å². The van der Waals surface area contributed by atoms with Gasteiger partial charge >= 0.3 is 23.7 Å². The normalized spacial score (nSPS) is 16.0. The molecule has 0 saturated carbocycles. The van der Waals surface area contributed by atoms with Crippen LogP contribution in [-0.2, 0) is 19.7 Å². The van der Waals surface area contributed by atoms with Gasteiger partial charge in [0.05, 0.1) is 12.8 Å². The van der Waals surface area contributed by atoms with Crippen LogP contribution in [0.3, 0.4) is 0 Å². The van der Waals surface area contributed by atoms with Crippen LogP contribution in [0.25, 0.3) is 0 Å². The second kappa shape index (κ2) is 7.45. The van der Waals surface area contributed by atoms with Crippen LogP contribution in [0.2, 0.25) is 0 Å². The Morgan fingerprint density at radius 1 is 0.850 bits per heavy atom. The summed E-state index contributed by atoms with van der Waals surface area (Å²) in [6, 6.07) is 0. The molecule has 0 aliphatic heterocycles. The lowest BCUT2D eigenvalue weighted by molar-refractivity contribution is -0.131. The lowest BCUT2D eigenvalue weighted by Gasteiger charge is -2.04. The molecular formula is C8H6F8O3S. The summed E-state index contributed by atoms with van der Waals surface area (Å²) < 4.78 is 113. The molecule has 0 unspecified atom stereocenters. The van der Waals surface area contributed by atoms with Crippen LogP contribution in [0.4, 0.5) is 35.1 Å². The van der Waals surface area contributed by atoms with E-state index in [1.165, 1.54) is 0 Å². The fourth-order valence-electron chi connectivity index (χ4n) is 0.672. The molecule has 20 heavy (non-hydrogen) atoms. The van der Waals surface area contributed by atoms with Crippen LogP contribution in [0, 0.1) is 0 Å². The van der Waals surface area contributed by atoms with Crippen molar-refractivity contribution in [2.45, 2.75) is 25.2 Å². The van der Waals surface area contributed by atoms with E-state index in [2.05, 4.69) is 8.37 Å². The van der Waals surface area contributed by atoms with Crippen molar-refractivity contribution in [3.63, 3.8) is 0 Å². The summed E-state index contributed by atoms with van der Waals surface area (Å²) in [7, 11) is 0. The van der Waals surface area contributed by atoms with Crippen LogP contribution in [0.5, 0.6) is 0 Å². The highest BCUT2D eigenvalue weighted by Gasteiger charge is 2.30. The standard InChI is InChI=1S/C8H6F8O3S/c9-5(1-7(11,12)13)3-18-20(17)19-4-6(10)2-8(14,15)16/h3-4H,1-2H2. The van der Waals surface area contributed by atoms with E-state index in [1.54, 1.807) is 0 Å². The highest BCUT2D eigenvalue weighted by molar-refractivity contribution is 7.75. The van der Waals surface area contributed by atoms with Crippen molar-refractivity contribution in [1.29, 1.82) is 0 Å². The van der Waals surface area contributed by atoms with E-state index < -0.39 is 48.2 Å². The predicted molar refractivity (Wildman–Crippen MR) is 50.0 cm³/mol. The van der Waals surface area contributed by atoms with Gasteiger partial charge in [-0.05, 0) is 0 Å². The average Bonchev–Trinajstić information content (AvgIpc) is 2.18. The third-order valence-corrected chi connectivity index (χ3v) is 1.75. The zero-order valence-electron chi connectivity index (χ0n) is 9.23. The molecule has 118 valence electrons. The Hall–Kier alpha value is -1.33. The minimum absolute atomic E-state index is 0.209. The molecule has 0 aromatic rings. The molecule has 0 bridgehead atoms. The maximum absolute atomic E-state index is 12.5. The van der Waals surface area contributed by atoms with Crippen LogP contribution in [0.1, 0.15) is 12.8 Å². The second-order valence-corrected chi connectivity index (χ2v) is 3.90. The van der Waals surface area contributed by atoms with E-state index in [-0.39, 0.29) is 12.5 Å². The highest BCUT2D eigenvalue weighted by atomic mass is 32.2. The fourth-order valence-corrected chi connectivity index (χ4v) is 1.08. The maximum Gasteiger partial charge on any atom is 0.416 e. The van der Waals surface area contributed by atoms with Gasteiger partial charge in [0, 0.05) is 0 Å². The minimum atomic E-state index is -4.87. The topological polar surface area (TPSA) is 35.5 Å². The van der Waals surface area contributed by atoms with E-state index in [0.29, 0.717) is 0 Å². The zero-order valence-corrected chi connectivity index (χ0v) is 10.0. The molecule has 0 aliphatic carbocycles. The van der Waals surface area contributed by atoms with E-state index in [0.717, 1.165) is 0 Å². The summed E-state index contributed by atoms with van der Waals surface area (Å²) in [4.78, 5) is 0. The van der Waals surface area contributed by atoms with Gasteiger partial charge in [-0.25, -0.2) is 8.78 Å². The van der Waals surface area contributed by atoms with Crippen LogP contribution < -0.4 is 0 Å². The molecule has 0 saturated heterocycles. The van der Waals surface area contributed by atoms with Crippen molar-refractivity contribution < 1.29 is 47.7 Å². The van der Waals surface area contributed by atoms with Gasteiger partial charge in [-0.15, -0.1) is 0 Å². The van der Waals surface area contributed by atoms with E-state index >= 15 is 0 Å². The summed E-state index contributed by atoms with van der Waals surface area (Å²) in [5, 5.41) is 0. The Balaban J connectivity index is 4.25. The lowest BCUT2D eigenvalue weighted by Crippen LogP contribution is -2.07. The van der Waals surface area contributed by atoms with E-state index in [1.807, 2.05) is 0 Å². The molecule has 0 rings (SSSR count). The molecule has 0 aromatic heterocycles. The number of rotatable bonds is 6. The first-order chi connectivity index (χ1) is 8.89. The van der Waals surface area contributed by atoms with Crippen molar-refractivity contribution in [3.8, 4) is 0 Å². The van der Waals surface area contributed by atoms with Crippen molar-refractivity contribution >= 4 is 11.4 Å². The van der Waals surface area contributed by atoms with Gasteiger partial charge in [0.1, 0.15) is 24.2 Å². The monoisotopic (exact) mass is 334 g/mol. The molecule has 0 radical (unpaired) electrons. The van der Waals surface area contributed by atoms with Gasteiger partial charge in [0.25, 0.3) is 0 Å². The highest BCUT2D eigenvalue weighted by Crippen LogP contribution is 2.26. The lowest BCUT2D eigenvalue weighted by atomic mass is 10.4. The number of allylic oxidation sites excluding steroid dienone is 2. The third-order valence-electron chi connectivity index (χ3n) is 1.25.